The third-order valence-corrected chi connectivity index (χ3v) is 3.01. The molecule has 8 nitrogen and oxygen atoms in total. The predicted molar refractivity (Wildman–Crippen MR) is 72.7 cm³/mol. The van der Waals surface area contributed by atoms with Crippen LogP contribution in [0.2, 0.25) is 0 Å². The quantitative estimate of drug-likeness (QED) is 0.432. The van der Waals surface area contributed by atoms with E-state index < -0.39 is 23.0 Å². The van der Waals surface area contributed by atoms with Crippen LogP contribution in [0.1, 0.15) is 46.0 Å². The Bertz CT molecular complexity index is 468. The molecule has 4 N–H and O–H groups in total. The standard InChI is InChI=1S/C13H20N4O4/c1-12(8-14,6-3-4-10(18)19)16-17-13(2,9-15)7-5-11(20)21/h16-17H,3-7H2,1-2H3,(H,18,19)(H,20,21). The van der Waals surface area contributed by atoms with Gasteiger partial charge in [0.25, 0.3) is 0 Å². The highest BCUT2D eigenvalue weighted by molar-refractivity contribution is 5.67. The third-order valence-electron chi connectivity index (χ3n) is 3.01. The van der Waals surface area contributed by atoms with Gasteiger partial charge in [0.05, 0.1) is 12.1 Å². The van der Waals surface area contributed by atoms with Gasteiger partial charge in [-0.25, -0.2) is 10.9 Å². The lowest BCUT2D eigenvalue weighted by Gasteiger charge is -2.30. The first-order chi connectivity index (χ1) is 9.66. The topological polar surface area (TPSA) is 146 Å². The molecule has 2 unspecified atom stereocenters. The summed E-state index contributed by atoms with van der Waals surface area (Å²) in [4.78, 5) is 21.0. The lowest BCUT2D eigenvalue weighted by molar-refractivity contribution is -0.138. The SMILES string of the molecule is CC(C#N)(CCCC(=O)O)NNC(C)(C#N)CCC(=O)O. The van der Waals surface area contributed by atoms with Crippen LogP contribution in [0.3, 0.4) is 0 Å². The summed E-state index contributed by atoms with van der Waals surface area (Å²) < 4.78 is 0. The van der Waals surface area contributed by atoms with Crippen LogP contribution in [-0.4, -0.2) is 33.2 Å². The zero-order chi connectivity index (χ0) is 16.5. The summed E-state index contributed by atoms with van der Waals surface area (Å²) in [5, 5.41) is 35.5. The van der Waals surface area contributed by atoms with Gasteiger partial charge in [0.1, 0.15) is 11.1 Å². The third kappa shape index (κ3) is 7.88. The highest BCUT2D eigenvalue weighted by atomic mass is 16.4. The molecule has 0 rings (SSSR count). The highest BCUT2D eigenvalue weighted by Crippen LogP contribution is 2.15. The van der Waals surface area contributed by atoms with E-state index in [0.29, 0.717) is 6.42 Å². The second-order valence-corrected chi connectivity index (χ2v) is 5.28. The maximum absolute atomic E-state index is 10.6. The molecular formula is C13H20N4O4. The first-order valence-electron chi connectivity index (χ1n) is 6.47. The van der Waals surface area contributed by atoms with Gasteiger partial charge in [0, 0.05) is 12.8 Å². The highest BCUT2D eigenvalue weighted by Gasteiger charge is 2.30. The molecule has 0 radical (unpaired) electrons. The van der Waals surface area contributed by atoms with Crippen molar-refractivity contribution in [3.8, 4) is 12.1 Å². The van der Waals surface area contributed by atoms with Crippen LogP contribution in [0.4, 0.5) is 0 Å². The lowest BCUT2D eigenvalue weighted by Crippen LogP contribution is -2.58. The molecule has 0 spiro atoms. The Morgan fingerprint density at radius 3 is 1.76 bits per heavy atom. The molecule has 0 aliphatic rings. The van der Waals surface area contributed by atoms with Gasteiger partial charge in [0.15, 0.2) is 0 Å². The Hall–Kier alpha value is -2.16. The largest absolute Gasteiger partial charge is 0.481 e. The number of hydrogen-bond donors (Lipinski definition) is 4. The molecule has 2 atom stereocenters. The van der Waals surface area contributed by atoms with Gasteiger partial charge < -0.3 is 10.2 Å². The summed E-state index contributed by atoms with van der Waals surface area (Å²) in [5.41, 5.74) is 3.22. The summed E-state index contributed by atoms with van der Waals surface area (Å²) in [6.45, 7) is 3.11. The van der Waals surface area contributed by atoms with Gasteiger partial charge >= 0.3 is 11.9 Å². The second kappa shape index (κ2) is 8.20. The van der Waals surface area contributed by atoms with Crippen molar-refractivity contribution < 1.29 is 19.8 Å². The Morgan fingerprint density at radius 2 is 1.38 bits per heavy atom. The van der Waals surface area contributed by atoms with Gasteiger partial charge in [-0.15, -0.1) is 0 Å². The minimum Gasteiger partial charge on any atom is -0.481 e. The number of hydrazine groups is 1. The fourth-order valence-electron chi connectivity index (χ4n) is 1.52. The molecule has 8 heteroatoms. The molecule has 0 aliphatic carbocycles. The molecule has 0 aromatic carbocycles. The summed E-state index contributed by atoms with van der Waals surface area (Å²) >= 11 is 0. The van der Waals surface area contributed by atoms with E-state index in [2.05, 4.69) is 10.9 Å². The van der Waals surface area contributed by atoms with Gasteiger partial charge in [0.2, 0.25) is 0 Å². The van der Waals surface area contributed by atoms with E-state index in [9.17, 15) is 9.59 Å². The van der Waals surface area contributed by atoms with Crippen molar-refractivity contribution in [2.24, 2.45) is 0 Å². The van der Waals surface area contributed by atoms with E-state index in [1.54, 1.807) is 6.92 Å². The van der Waals surface area contributed by atoms with Crippen LogP contribution >= 0.6 is 0 Å². The Balaban J connectivity index is 4.53. The van der Waals surface area contributed by atoms with Crippen molar-refractivity contribution >= 4 is 11.9 Å². The first kappa shape index (κ1) is 18.8. The molecule has 0 heterocycles. The molecule has 0 amide bonds. The van der Waals surface area contributed by atoms with Gasteiger partial charge in [-0.05, 0) is 33.1 Å². The number of nitriles is 2. The van der Waals surface area contributed by atoms with Crippen molar-refractivity contribution in [3.63, 3.8) is 0 Å². The Labute approximate surface area is 123 Å². The molecule has 116 valence electrons. The predicted octanol–water partition coefficient (Wildman–Crippen LogP) is 0.765. The van der Waals surface area contributed by atoms with Crippen molar-refractivity contribution in [2.45, 2.75) is 57.0 Å². The minimum absolute atomic E-state index is 0.0481. The summed E-state index contributed by atoms with van der Waals surface area (Å²) in [6, 6.07) is 3.99. The minimum atomic E-state index is -1.14. The molecule has 0 aromatic rings. The Morgan fingerprint density at radius 1 is 0.952 bits per heavy atom. The van der Waals surface area contributed by atoms with E-state index in [1.165, 1.54) is 6.92 Å². The number of nitrogens with zero attached hydrogens (tertiary/aromatic N) is 2. The number of nitrogens with one attached hydrogen (secondary N) is 2. The molecule has 0 saturated heterocycles. The van der Waals surface area contributed by atoms with E-state index in [0.717, 1.165) is 0 Å². The first-order valence-corrected chi connectivity index (χ1v) is 6.47. The monoisotopic (exact) mass is 296 g/mol. The smallest absolute Gasteiger partial charge is 0.303 e. The summed E-state index contributed by atoms with van der Waals surface area (Å²) in [7, 11) is 0. The van der Waals surface area contributed by atoms with Crippen molar-refractivity contribution in [1.82, 2.24) is 10.9 Å². The van der Waals surface area contributed by atoms with Crippen LogP contribution in [-0.2, 0) is 9.59 Å². The van der Waals surface area contributed by atoms with Crippen LogP contribution in [0, 0.1) is 22.7 Å². The number of rotatable bonds is 10. The fraction of sp³-hybridized carbons (Fsp3) is 0.692. The summed E-state index contributed by atoms with van der Waals surface area (Å²) in [5.74, 6) is -1.95. The number of aliphatic carboxylic acids is 2. The molecule has 0 aromatic heterocycles. The molecule has 0 aliphatic heterocycles. The lowest BCUT2D eigenvalue weighted by atomic mass is 9.96. The molecule has 0 bridgehead atoms. The zero-order valence-electron chi connectivity index (χ0n) is 12.1. The van der Waals surface area contributed by atoms with Crippen molar-refractivity contribution in [3.05, 3.63) is 0 Å². The van der Waals surface area contributed by atoms with Gasteiger partial charge in [-0.1, -0.05) is 0 Å². The van der Waals surface area contributed by atoms with Crippen molar-refractivity contribution in [1.29, 1.82) is 10.5 Å². The van der Waals surface area contributed by atoms with Crippen LogP contribution in [0.25, 0.3) is 0 Å². The average molecular weight is 296 g/mol. The van der Waals surface area contributed by atoms with Crippen LogP contribution in [0.15, 0.2) is 0 Å². The van der Waals surface area contributed by atoms with Gasteiger partial charge in [-0.3, -0.25) is 9.59 Å². The second-order valence-electron chi connectivity index (χ2n) is 5.28. The maximum Gasteiger partial charge on any atom is 0.303 e. The maximum atomic E-state index is 10.6. The molecule has 0 fully saturated rings. The van der Waals surface area contributed by atoms with Gasteiger partial charge in [-0.2, -0.15) is 10.5 Å². The van der Waals surface area contributed by atoms with Crippen LogP contribution < -0.4 is 10.9 Å². The molecule has 0 saturated carbocycles. The number of carboxylic acids is 2. The number of carboxylic acid groups (broad SMARTS) is 2. The normalized spacial score (nSPS) is 16.0. The Kier molecular flexibility index (Phi) is 7.36. The van der Waals surface area contributed by atoms with E-state index in [-0.39, 0.29) is 25.7 Å². The average Bonchev–Trinajstić information content (AvgIpc) is 2.42. The molecule has 21 heavy (non-hydrogen) atoms. The summed E-state index contributed by atoms with van der Waals surface area (Å²) in [6.07, 6.45) is 0.437. The van der Waals surface area contributed by atoms with E-state index in [1.807, 2.05) is 12.1 Å². The number of hydrogen-bond acceptors (Lipinski definition) is 6. The fourth-order valence-corrected chi connectivity index (χ4v) is 1.52. The van der Waals surface area contributed by atoms with Crippen molar-refractivity contribution in [2.75, 3.05) is 0 Å². The molecular weight excluding hydrogens is 276 g/mol. The van der Waals surface area contributed by atoms with E-state index in [4.69, 9.17) is 20.7 Å². The van der Waals surface area contributed by atoms with Crippen LogP contribution in [0.5, 0.6) is 0 Å². The van der Waals surface area contributed by atoms with E-state index >= 15 is 0 Å². The number of carbonyl (C=O) groups is 2. The zero-order valence-corrected chi connectivity index (χ0v) is 12.1.